The molecule has 2 saturated heterocycles. The number of esters is 4. The quantitative estimate of drug-likeness (QED) is 0.0943. The van der Waals surface area contributed by atoms with Crippen LogP contribution in [-0.4, -0.2) is 91.9 Å². The van der Waals surface area contributed by atoms with Gasteiger partial charge in [0.25, 0.3) is 0 Å². The molecule has 2 saturated carbocycles. The molecule has 2 heterocycles. The summed E-state index contributed by atoms with van der Waals surface area (Å²) in [4.78, 5) is 72.6. The summed E-state index contributed by atoms with van der Waals surface area (Å²) >= 11 is 0. The smallest absolute Gasteiger partial charge is 0.333 e. The largest absolute Gasteiger partial charge is 0.478 e. The Morgan fingerprint density at radius 2 is 1.05 bits per heavy atom. The number of allylic oxidation sites excluding steroid dienone is 6. The number of rotatable bonds is 10. The number of aliphatic hydroxyl groups is 2. The predicted molar refractivity (Wildman–Crippen MR) is 207 cm³/mol. The summed E-state index contributed by atoms with van der Waals surface area (Å²) in [5, 5.41) is 41.5. The molecule has 0 radical (unpaired) electrons. The first-order valence-corrected chi connectivity index (χ1v) is 20.0. The normalized spacial score (nSPS) is 36.8. The average Bonchev–Trinajstić information content (AvgIpc) is 3.37. The second kappa shape index (κ2) is 16.4. The molecule has 0 aromatic rings. The van der Waals surface area contributed by atoms with Gasteiger partial charge in [0.15, 0.2) is 0 Å². The number of carboxylic acid groups (broad SMARTS) is 2. The first kappa shape index (κ1) is 44.3. The minimum absolute atomic E-state index is 0.157. The maximum Gasteiger partial charge on any atom is 0.333 e. The van der Waals surface area contributed by atoms with E-state index in [1.165, 1.54) is 26.0 Å². The van der Waals surface area contributed by atoms with Gasteiger partial charge >= 0.3 is 35.8 Å². The lowest BCUT2D eigenvalue weighted by molar-refractivity contribution is -0.225. The van der Waals surface area contributed by atoms with E-state index in [0.717, 1.165) is 0 Å². The van der Waals surface area contributed by atoms with Gasteiger partial charge in [-0.25, -0.2) is 19.2 Å². The molecule has 4 aliphatic carbocycles. The van der Waals surface area contributed by atoms with Gasteiger partial charge in [-0.2, -0.15) is 0 Å². The van der Waals surface area contributed by atoms with Crippen LogP contribution in [0.15, 0.2) is 70.9 Å². The molecule has 0 amide bonds. The second-order valence-corrected chi connectivity index (χ2v) is 16.7. The number of aliphatic carboxylic acids is 2. The molecule has 2 aliphatic heterocycles. The Morgan fingerprint density at radius 3 is 1.38 bits per heavy atom. The van der Waals surface area contributed by atoms with Gasteiger partial charge in [0, 0.05) is 34.1 Å². The summed E-state index contributed by atoms with van der Waals surface area (Å²) in [6.45, 7) is 10.4. The first-order chi connectivity index (χ1) is 27.2. The van der Waals surface area contributed by atoms with Crippen molar-refractivity contribution < 1.29 is 68.1 Å². The molecule has 14 heteroatoms. The van der Waals surface area contributed by atoms with Crippen molar-refractivity contribution in [3.63, 3.8) is 0 Å². The molecular weight excluding hydrogens is 752 g/mol. The Bertz CT molecular complexity index is 1780. The van der Waals surface area contributed by atoms with Crippen LogP contribution in [0.25, 0.3) is 0 Å². The van der Waals surface area contributed by atoms with Gasteiger partial charge < -0.3 is 39.4 Å². The van der Waals surface area contributed by atoms with E-state index in [-0.39, 0.29) is 61.9 Å². The van der Waals surface area contributed by atoms with E-state index in [2.05, 4.69) is 0 Å². The zero-order chi connectivity index (χ0) is 42.9. The van der Waals surface area contributed by atoms with Crippen LogP contribution in [-0.2, 0) is 47.7 Å². The van der Waals surface area contributed by atoms with Crippen LogP contribution in [0.1, 0.15) is 106 Å². The second-order valence-electron chi connectivity index (χ2n) is 16.7. The van der Waals surface area contributed by atoms with Gasteiger partial charge in [0.05, 0.1) is 24.4 Å². The number of cyclic esters (lactones) is 2. The topological polar surface area (TPSA) is 220 Å². The Kier molecular flexibility index (Phi) is 12.6. The van der Waals surface area contributed by atoms with Gasteiger partial charge in [-0.3, -0.25) is 9.59 Å². The minimum atomic E-state index is -1.31. The highest BCUT2D eigenvalue weighted by atomic mass is 16.6. The van der Waals surface area contributed by atoms with Crippen molar-refractivity contribution in [2.75, 3.05) is 13.2 Å². The fraction of sp³-hybridized carbons (Fsp3) is 0.591. The van der Waals surface area contributed by atoms with E-state index < -0.39 is 69.1 Å². The Hall–Kier alpha value is -4.82. The van der Waals surface area contributed by atoms with E-state index in [1.807, 2.05) is 0 Å². The van der Waals surface area contributed by atoms with Crippen LogP contribution in [0, 0.1) is 22.7 Å². The minimum Gasteiger partial charge on any atom is -0.478 e. The Labute approximate surface area is 338 Å². The van der Waals surface area contributed by atoms with Crippen LogP contribution < -0.4 is 0 Å². The Balaban J connectivity index is 0.000000221. The van der Waals surface area contributed by atoms with E-state index in [1.54, 1.807) is 64.2 Å². The average molecular weight is 809 g/mol. The van der Waals surface area contributed by atoms with Gasteiger partial charge in [0.2, 0.25) is 0 Å². The maximum atomic E-state index is 13.1. The molecule has 8 atom stereocenters. The standard InChI is InChI=1S/2C22H28O7/c2*1-4-28-18(25)15-7-11-21-12-9-16(22(21,27)13-8-15)20(3,29-19(21)26)10-5-6-14(2)17(23)24/h2*5-7,10,16,27H,4,8-9,11-13H2,1-3H3,(H,23,24)/b2*10-5+,14-6+/t2*16-,20?,21+,22-/m11/s1. The molecule has 58 heavy (non-hydrogen) atoms. The summed E-state index contributed by atoms with van der Waals surface area (Å²) in [6.07, 6.45) is 16.6. The number of carbonyl (C=O) groups excluding carboxylic acids is 4. The highest BCUT2D eigenvalue weighted by Gasteiger charge is 2.73. The van der Waals surface area contributed by atoms with Gasteiger partial charge in [0.1, 0.15) is 22.0 Å². The molecule has 4 bridgehead atoms. The predicted octanol–water partition coefficient (Wildman–Crippen LogP) is 5.38. The molecule has 0 aromatic carbocycles. The molecular formula is C44H56O14. The summed E-state index contributed by atoms with van der Waals surface area (Å²) in [7, 11) is 0. The molecule has 4 N–H and O–H groups in total. The maximum absolute atomic E-state index is 13.1. The number of ether oxygens (including phenoxy) is 4. The van der Waals surface area contributed by atoms with Crippen molar-refractivity contribution in [3.05, 3.63) is 70.9 Å². The van der Waals surface area contributed by atoms with E-state index in [9.17, 15) is 39.0 Å². The fourth-order valence-electron chi connectivity index (χ4n) is 10.2. The van der Waals surface area contributed by atoms with E-state index in [0.29, 0.717) is 49.7 Å². The van der Waals surface area contributed by atoms with Gasteiger partial charge in [-0.15, -0.1) is 0 Å². The third-order valence-electron chi connectivity index (χ3n) is 13.6. The van der Waals surface area contributed by atoms with Crippen LogP contribution in [0.2, 0.25) is 0 Å². The van der Waals surface area contributed by atoms with Gasteiger partial charge in [-0.1, -0.05) is 36.5 Å². The summed E-state index contributed by atoms with van der Waals surface area (Å²) in [5.74, 6) is -4.52. The number of carboxylic acids is 2. The van der Waals surface area contributed by atoms with Crippen molar-refractivity contribution in [2.45, 2.75) is 128 Å². The van der Waals surface area contributed by atoms with Crippen LogP contribution in [0.3, 0.4) is 0 Å². The van der Waals surface area contributed by atoms with Gasteiger partial charge in [-0.05, 0) is 118 Å². The van der Waals surface area contributed by atoms with Crippen molar-refractivity contribution in [1.29, 1.82) is 0 Å². The van der Waals surface area contributed by atoms with Crippen LogP contribution >= 0.6 is 0 Å². The third kappa shape index (κ3) is 7.49. The molecule has 316 valence electrons. The highest BCUT2D eigenvalue weighted by molar-refractivity contribution is 5.91. The number of hydrogen-bond donors (Lipinski definition) is 4. The fourth-order valence-corrected chi connectivity index (χ4v) is 10.2. The summed E-state index contributed by atoms with van der Waals surface area (Å²) in [5.41, 5.74) is -5.58. The summed E-state index contributed by atoms with van der Waals surface area (Å²) < 4.78 is 21.8. The lowest BCUT2D eigenvalue weighted by Gasteiger charge is -2.52. The number of hydrogen-bond acceptors (Lipinski definition) is 12. The lowest BCUT2D eigenvalue weighted by atomic mass is 9.62. The Morgan fingerprint density at radius 1 is 0.690 bits per heavy atom. The van der Waals surface area contributed by atoms with E-state index >= 15 is 0 Å². The molecule has 6 rings (SSSR count). The van der Waals surface area contributed by atoms with Crippen LogP contribution in [0.4, 0.5) is 0 Å². The van der Waals surface area contributed by atoms with Crippen molar-refractivity contribution in [1.82, 2.24) is 0 Å². The third-order valence-corrected chi connectivity index (χ3v) is 13.6. The molecule has 2 unspecified atom stereocenters. The first-order valence-electron chi connectivity index (χ1n) is 20.0. The zero-order valence-electron chi connectivity index (χ0n) is 34.1. The lowest BCUT2D eigenvalue weighted by Crippen LogP contribution is -2.63. The zero-order valence-corrected chi connectivity index (χ0v) is 34.1. The van der Waals surface area contributed by atoms with Crippen molar-refractivity contribution >= 4 is 35.8 Å². The van der Waals surface area contributed by atoms with Crippen molar-refractivity contribution in [3.8, 4) is 0 Å². The van der Waals surface area contributed by atoms with Crippen molar-refractivity contribution in [2.24, 2.45) is 22.7 Å². The molecule has 4 fully saturated rings. The molecule has 6 aliphatic rings. The molecule has 0 spiro atoms. The molecule has 0 aromatic heterocycles. The monoisotopic (exact) mass is 808 g/mol. The summed E-state index contributed by atoms with van der Waals surface area (Å²) in [6, 6.07) is 0. The molecule has 14 nitrogen and oxygen atoms in total. The van der Waals surface area contributed by atoms with Crippen LogP contribution in [0.5, 0.6) is 0 Å². The van der Waals surface area contributed by atoms with E-state index in [4.69, 9.17) is 29.2 Å². The highest BCUT2D eigenvalue weighted by Crippen LogP contribution is 2.65. The SMILES string of the molecule is CCOC(=O)C1=CC[C@]23CC[C@H](C(C)(/C=C/C=C(\C)C(=O)O)OC2=O)[C@]3(O)CC1.CCOC(=O)C1=CC[C@]23CC[C@H](C(C)(/C=C/C=C(\C)C(=O)O)OC2=O)[C@]3(O)CC1. The number of carbonyl (C=O) groups is 6.